The second-order valence-corrected chi connectivity index (χ2v) is 9.14. The van der Waals surface area contributed by atoms with Crippen LogP contribution >= 0.6 is 0 Å². The Bertz CT molecular complexity index is 1360. The van der Waals surface area contributed by atoms with Crippen LogP contribution < -0.4 is 16.4 Å². The van der Waals surface area contributed by atoms with E-state index in [1.807, 2.05) is 0 Å². The summed E-state index contributed by atoms with van der Waals surface area (Å²) >= 11 is 0. The third-order valence-electron chi connectivity index (χ3n) is 5.69. The first-order valence-electron chi connectivity index (χ1n) is 12.2. The highest BCUT2D eigenvalue weighted by Crippen LogP contribution is 2.15. The third-order valence-corrected chi connectivity index (χ3v) is 5.69. The minimum absolute atomic E-state index is 0.0570. The number of primary amides is 1. The van der Waals surface area contributed by atoms with E-state index in [4.69, 9.17) is 10.5 Å². The topological polar surface area (TPSA) is 208 Å². The van der Waals surface area contributed by atoms with Crippen LogP contribution in [0.4, 0.5) is 4.79 Å². The van der Waals surface area contributed by atoms with E-state index in [9.17, 15) is 29.1 Å². The fourth-order valence-electron chi connectivity index (χ4n) is 3.56. The van der Waals surface area contributed by atoms with E-state index in [0.717, 1.165) is 10.4 Å². The zero-order valence-electron chi connectivity index (χ0n) is 21.8. The molecule has 0 aliphatic rings. The summed E-state index contributed by atoms with van der Waals surface area (Å²) in [5, 5.41) is 25.9. The number of Topliss-reactive ketones (excluding diaryl/α,β-unsaturated/α-hetero) is 1. The van der Waals surface area contributed by atoms with Gasteiger partial charge in [-0.05, 0) is 28.8 Å². The van der Waals surface area contributed by atoms with E-state index in [1.165, 1.54) is 12.1 Å². The number of aliphatic carboxylic acids is 1. The molecule has 14 heteroatoms. The number of aromatic nitrogens is 4. The number of hydrogen-bond acceptors (Lipinski definition) is 9. The van der Waals surface area contributed by atoms with Crippen LogP contribution in [0.25, 0.3) is 11.4 Å². The van der Waals surface area contributed by atoms with Crippen molar-refractivity contribution in [1.82, 2.24) is 30.8 Å². The van der Waals surface area contributed by atoms with Crippen LogP contribution in [-0.4, -0.2) is 67.1 Å². The number of ether oxygens (including phenoxy) is 1. The Morgan fingerprint density at radius 1 is 1.00 bits per heavy atom. The molecule has 2 atom stereocenters. The zero-order chi connectivity index (χ0) is 29.2. The average Bonchev–Trinajstić information content (AvgIpc) is 3.38. The Morgan fingerprint density at radius 3 is 2.27 bits per heavy atom. The summed E-state index contributed by atoms with van der Waals surface area (Å²) in [5.74, 6) is -3.14. The quantitative estimate of drug-likeness (QED) is 0.236. The lowest BCUT2D eigenvalue weighted by atomic mass is 10.0. The van der Waals surface area contributed by atoms with Crippen molar-refractivity contribution < 1.29 is 33.8 Å². The van der Waals surface area contributed by atoms with Crippen molar-refractivity contribution in [2.75, 3.05) is 0 Å². The molecule has 1 heterocycles. The van der Waals surface area contributed by atoms with Gasteiger partial charge >= 0.3 is 12.1 Å². The van der Waals surface area contributed by atoms with Gasteiger partial charge in [0.15, 0.2) is 5.78 Å². The monoisotopic (exact) mass is 551 g/mol. The number of benzene rings is 2. The van der Waals surface area contributed by atoms with Gasteiger partial charge in [-0.2, -0.15) is 4.80 Å². The van der Waals surface area contributed by atoms with Gasteiger partial charge in [-0.1, -0.05) is 56.3 Å². The van der Waals surface area contributed by atoms with Crippen LogP contribution in [0.5, 0.6) is 0 Å². The third kappa shape index (κ3) is 8.44. The maximum atomic E-state index is 12.8. The molecule has 2 unspecified atom stereocenters. The maximum absolute atomic E-state index is 12.8. The second kappa shape index (κ2) is 13.6. The van der Waals surface area contributed by atoms with Crippen molar-refractivity contribution in [3.63, 3.8) is 0 Å². The van der Waals surface area contributed by atoms with Crippen molar-refractivity contribution in [3.05, 3.63) is 65.7 Å². The molecule has 40 heavy (non-hydrogen) atoms. The summed E-state index contributed by atoms with van der Waals surface area (Å²) < 4.78 is 5.08. The number of nitrogens with zero attached hydrogens (tertiary/aromatic N) is 4. The van der Waals surface area contributed by atoms with Crippen molar-refractivity contribution in [3.8, 4) is 11.4 Å². The predicted octanol–water partition coefficient (Wildman–Crippen LogP) is 0.919. The molecule has 14 nitrogen and oxygen atoms in total. The Balaban J connectivity index is 1.61. The van der Waals surface area contributed by atoms with E-state index in [2.05, 4.69) is 26.0 Å². The van der Waals surface area contributed by atoms with Crippen molar-refractivity contribution in [1.29, 1.82) is 0 Å². The molecule has 210 valence electrons. The second-order valence-electron chi connectivity index (χ2n) is 9.14. The van der Waals surface area contributed by atoms with Crippen LogP contribution in [0.1, 0.15) is 36.2 Å². The Kier molecular flexibility index (Phi) is 10.00. The van der Waals surface area contributed by atoms with E-state index in [0.29, 0.717) is 5.56 Å². The van der Waals surface area contributed by atoms with Crippen LogP contribution in [0.15, 0.2) is 54.6 Å². The lowest BCUT2D eigenvalue weighted by molar-refractivity contribution is -0.139. The number of carbonyl (C=O) groups is 5. The van der Waals surface area contributed by atoms with Gasteiger partial charge in [-0.25, -0.2) is 4.79 Å². The number of alkyl carbamates (subject to hydrolysis) is 1. The summed E-state index contributed by atoms with van der Waals surface area (Å²) in [6.07, 6.45) is -1.62. The number of nitrogens with one attached hydrogen (secondary N) is 2. The fourth-order valence-corrected chi connectivity index (χ4v) is 3.56. The van der Waals surface area contributed by atoms with E-state index in [-0.39, 0.29) is 23.9 Å². The Morgan fingerprint density at radius 2 is 1.68 bits per heavy atom. The van der Waals surface area contributed by atoms with Crippen molar-refractivity contribution >= 4 is 29.7 Å². The lowest BCUT2D eigenvalue weighted by Crippen LogP contribution is -2.47. The highest BCUT2D eigenvalue weighted by atomic mass is 16.5. The molecule has 0 spiro atoms. The van der Waals surface area contributed by atoms with Crippen LogP contribution in [-0.2, 0) is 32.3 Å². The number of hydrogen-bond donors (Lipinski definition) is 4. The molecule has 1 aromatic heterocycles. The molecule has 0 aliphatic carbocycles. The predicted molar refractivity (Wildman–Crippen MR) is 139 cm³/mol. The number of ketones is 1. The molecule has 3 rings (SSSR count). The molecule has 5 N–H and O–H groups in total. The van der Waals surface area contributed by atoms with Gasteiger partial charge in [-0.3, -0.25) is 19.2 Å². The molecular weight excluding hydrogens is 522 g/mol. The Labute approximate surface area is 228 Å². The number of amides is 3. The van der Waals surface area contributed by atoms with Crippen LogP contribution in [0.2, 0.25) is 0 Å². The molecule has 0 saturated carbocycles. The minimum Gasteiger partial charge on any atom is -0.481 e. The number of carbonyl (C=O) groups excluding carboxylic acids is 4. The minimum atomic E-state index is -1.39. The molecular formula is C26H29N7O7. The van der Waals surface area contributed by atoms with Gasteiger partial charge in [-0.15, -0.1) is 10.2 Å². The first kappa shape index (κ1) is 29.4. The fraction of sp³-hybridized carbons (Fsp3) is 0.308. The van der Waals surface area contributed by atoms with Gasteiger partial charge in [0.05, 0.1) is 6.42 Å². The molecule has 2 aromatic carbocycles. The SMILES string of the molecule is CC(C)C(NC(=O)c1ccc(-c2nnn(CC(=O)C(CC(=O)O)NC(=O)OCc3ccccc3)n2)cc1)C(N)=O. The largest absolute Gasteiger partial charge is 0.481 e. The van der Waals surface area contributed by atoms with Crippen LogP contribution in [0.3, 0.4) is 0 Å². The summed E-state index contributed by atoms with van der Waals surface area (Å²) in [7, 11) is 0. The van der Waals surface area contributed by atoms with E-state index >= 15 is 0 Å². The molecule has 3 aromatic rings. The van der Waals surface area contributed by atoms with Gasteiger partial charge in [0, 0.05) is 11.1 Å². The lowest BCUT2D eigenvalue weighted by Gasteiger charge is -2.18. The highest BCUT2D eigenvalue weighted by molar-refractivity contribution is 5.97. The number of nitrogens with two attached hydrogens (primary N) is 1. The van der Waals surface area contributed by atoms with Gasteiger partial charge in [0.2, 0.25) is 11.7 Å². The number of carboxylic acid groups (broad SMARTS) is 1. The average molecular weight is 552 g/mol. The number of carboxylic acids is 1. The normalized spacial score (nSPS) is 12.3. The number of tetrazole rings is 1. The summed E-state index contributed by atoms with van der Waals surface area (Å²) in [5.41, 5.74) is 6.82. The first-order valence-corrected chi connectivity index (χ1v) is 12.2. The van der Waals surface area contributed by atoms with E-state index < -0.39 is 54.7 Å². The van der Waals surface area contributed by atoms with E-state index in [1.54, 1.807) is 56.3 Å². The maximum Gasteiger partial charge on any atom is 0.408 e. The Hall–Kier alpha value is -5.14. The van der Waals surface area contributed by atoms with Gasteiger partial charge in [0.25, 0.3) is 5.91 Å². The highest BCUT2D eigenvalue weighted by Gasteiger charge is 2.26. The van der Waals surface area contributed by atoms with Crippen molar-refractivity contribution in [2.24, 2.45) is 11.7 Å². The van der Waals surface area contributed by atoms with Gasteiger partial charge < -0.3 is 26.2 Å². The summed E-state index contributed by atoms with van der Waals surface area (Å²) in [4.78, 5) is 61.2. The van der Waals surface area contributed by atoms with Gasteiger partial charge in [0.1, 0.15) is 25.2 Å². The summed E-state index contributed by atoms with van der Waals surface area (Å²) in [6.45, 7) is 3.00. The van der Waals surface area contributed by atoms with Crippen molar-refractivity contribution in [2.45, 2.75) is 45.5 Å². The van der Waals surface area contributed by atoms with Crippen LogP contribution in [0, 0.1) is 5.92 Å². The molecule has 0 radical (unpaired) electrons. The first-order chi connectivity index (χ1) is 19.0. The molecule has 3 amide bonds. The number of rotatable bonds is 13. The summed E-state index contributed by atoms with van der Waals surface area (Å²) in [6, 6.07) is 12.8. The molecule has 0 bridgehead atoms. The molecule has 0 saturated heterocycles. The zero-order valence-corrected chi connectivity index (χ0v) is 21.8. The standard InChI is InChI=1S/C26H29N7O7/c1-15(2)22(23(27)37)29-25(38)18-10-8-17(9-11-18)24-30-32-33(31-24)13-20(34)19(12-21(35)36)28-26(39)40-14-16-6-4-3-5-7-16/h3-11,15,19,22H,12-14H2,1-2H3,(H2,27,37)(H,28,39)(H,29,38)(H,35,36). The molecule has 0 fully saturated rings. The smallest absolute Gasteiger partial charge is 0.408 e. The molecule has 0 aliphatic heterocycles.